The fraction of sp³-hybridized carbons (Fsp3) is 0.600. The standard InChI is InChI=1S/C15H25N/c1-5-12(3)15(14(6-2)16-4)13-10-8-7-9-11-13/h7-12,14-16H,5-6H2,1-4H3. The Morgan fingerprint density at radius 1 is 1.06 bits per heavy atom. The summed E-state index contributed by atoms with van der Waals surface area (Å²) in [6.07, 6.45) is 2.41. The van der Waals surface area contributed by atoms with Crippen LogP contribution >= 0.6 is 0 Å². The highest BCUT2D eigenvalue weighted by Crippen LogP contribution is 2.31. The zero-order chi connectivity index (χ0) is 12.0. The smallest absolute Gasteiger partial charge is 0.0133 e. The molecule has 0 saturated heterocycles. The second kappa shape index (κ2) is 6.70. The molecule has 0 heterocycles. The van der Waals surface area contributed by atoms with Gasteiger partial charge in [0.05, 0.1) is 0 Å². The lowest BCUT2D eigenvalue weighted by Crippen LogP contribution is -2.34. The Hall–Kier alpha value is -0.820. The largest absolute Gasteiger partial charge is 0.316 e. The van der Waals surface area contributed by atoms with Crippen LogP contribution in [0.3, 0.4) is 0 Å². The van der Waals surface area contributed by atoms with Gasteiger partial charge in [-0.15, -0.1) is 0 Å². The fourth-order valence-corrected chi connectivity index (χ4v) is 2.52. The first-order chi connectivity index (χ1) is 7.74. The zero-order valence-corrected chi connectivity index (χ0v) is 11.0. The van der Waals surface area contributed by atoms with E-state index in [4.69, 9.17) is 0 Å². The maximum atomic E-state index is 3.47. The van der Waals surface area contributed by atoms with E-state index in [1.54, 1.807) is 0 Å². The van der Waals surface area contributed by atoms with E-state index in [0.29, 0.717) is 12.0 Å². The first-order valence-electron chi connectivity index (χ1n) is 6.46. The fourth-order valence-electron chi connectivity index (χ4n) is 2.52. The van der Waals surface area contributed by atoms with E-state index in [-0.39, 0.29) is 0 Å². The van der Waals surface area contributed by atoms with Crippen molar-refractivity contribution >= 4 is 0 Å². The van der Waals surface area contributed by atoms with Gasteiger partial charge in [0, 0.05) is 12.0 Å². The third-order valence-corrected chi connectivity index (χ3v) is 3.69. The van der Waals surface area contributed by atoms with Crippen LogP contribution in [0.15, 0.2) is 30.3 Å². The molecule has 0 aromatic heterocycles. The summed E-state index contributed by atoms with van der Waals surface area (Å²) < 4.78 is 0. The Morgan fingerprint density at radius 2 is 1.69 bits per heavy atom. The monoisotopic (exact) mass is 219 g/mol. The van der Waals surface area contributed by atoms with Gasteiger partial charge in [-0.25, -0.2) is 0 Å². The molecule has 0 radical (unpaired) electrons. The summed E-state index contributed by atoms with van der Waals surface area (Å²) in [4.78, 5) is 0. The van der Waals surface area contributed by atoms with Gasteiger partial charge < -0.3 is 5.32 Å². The van der Waals surface area contributed by atoms with E-state index in [1.807, 2.05) is 0 Å². The molecule has 0 bridgehead atoms. The van der Waals surface area contributed by atoms with Crippen molar-refractivity contribution in [1.82, 2.24) is 5.32 Å². The van der Waals surface area contributed by atoms with Crippen LogP contribution in [-0.4, -0.2) is 13.1 Å². The molecule has 1 aromatic carbocycles. The number of hydrogen-bond acceptors (Lipinski definition) is 1. The van der Waals surface area contributed by atoms with Crippen LogP contribution in [0.2, 0.25) is 0 Å². The Balaban J connectivity index is 2.95. The number of benzene rings is 1. The predicted octanol–water partition coefficient (Wildman–Crippen LogP) is 3.81. The van der Waals surface area contributed by atoms with Crippen LogP contribution in [0.5, 0.6) is 0 Å². The van der Waals surface area contributed by atoms with Crippen LogP contribution in [0, 0.1) is 5.92 Å². The minimum Gasteiger partial charge on any atom is -0.316 e. The van der Waals surface area contributed by atoms with Crippen LogP contribution < -0.4 is 5.32 Å². The summed E-state index contributed by atoms with van der Waals surface area (Å²) in [7, 11) is 2.08. The van der Waals surface area contributed by atoms with Crippen molar-refractivity contribution in [3.8, 4) is 0 Å². The number of likely N-dealkylation sites (N-methyl/N-ethyl adjacent to an activating group) is 1. The van der Waals surface area contributed by atoms with Gasteiger partial charge in [0.2, 0.25) is 0 Å². The number of hydrogen-bond donors (Lipinski definition) is 1. The Morgan fingerprint density at radius 3 is 2.12 bits per heavy atom. The molecule has 1 aromatic rings. The van der Waals surface area contributed by atoms with Crippen molar-refractivity contribution in [2.45, 2.75) is 45.6 Å². The molecule has 0 fully saturated rings. The maximum absolute atomic E-state index is 3.47. The molecular formula is C15H25N. The van der Waals surface area contributed by atoms with Crippen LogP contribution in [0.25, 0.3) is 0 Å². The van der Waals surface area contributed by atoms with E-state index in [2.05, 4.69) is 63.5 Å². The summed E-state index contributed by atoms with van der Waals surface area (Å²) in [6, 6.07) is 11.5. The molecule has 0 aliphatic rings. The predicted molar refractivity (Wildman–Crippen MR) is 71.8 cm³/mol. The van der Waals surface area contributed by atoms with Crippen molar-refractivity contribution in [2.24, 2.45) is 5.92 Å². The quantitative estimate of drug-likeness (QED) is 0.767. The number of rotatable bonds is 6. The highest BCUT2D eigenvalue weighted by Gasteiger charge is 2.24. The highest BCUT2D eigenvalue weighted by molar-refractivity contribution is 5.22. The SMILES string of the molecule is CCC(C)C(c1ccccc1)C(CC)NC. The van der Waals surface area contributed by atoms with Crippen molar-refractivity contribution in [2.75, 3.05) is 7.05 Å². The summed E-state index contributed by atoms with van der Waals surface area (Å²) in [5.74, 6) is 1.35. The average molecular weight is 219 g/mol. The van der Waals surface area contributed by atoms with Gasteiger partial charge in [-0.05, 0) is 24.9 Å². The summed E-state index contributed by atoms with van der Waals surface area (Å²) in [5, 5.41) is 3.47. The molecule has 1 heteroatoms. The van der Waals surface area contributed by atoms with E-state index in [9.17, 15) is 0 Å². The topological polar surface area (TPSA) is 12.0 Å². The normalized spacial score (nSPS) is 16.8. The molecule has 0 amide bonds. The molecular weight excluding hydrogens is 194 g/mol. The van der Waals surface area contributed by atoms with Gasteiger partial charge in [0.1, 0.15) is 0 Å². The van der Waals surface area contributed by atoms with E-state index in [0.717, 1.165) is 5.92 Å². The van der Waals surface area contributed by atoms with Crippen LogP contribution in [-0.2, 0) is 0 Å². The average Bonchev–Trinajstić information content (AvgIpc) is 2.36. The van der Waals surface area contributed by atoms with Crippen molar-refractivity contribution in [3.05, 3.63) is 35.9 Å². The van der Waals surface area contributed by atoms with Crippen molar-refractivity contribution < 1.29 is 0 Å². The van der Waals surface area contributed by atoms with Gasteiger partial charge in [-0.3, -0.25) is 0 Å². The molecule has 0 spiro atoms. The molecule has 3 unspecified atom stereocenters. The molecule has 16 heavy (non-hydrogen) atoms. The van der Waals surface area contributed by atoms with Gasteiger partial charge >= 0.3 is 0 Å². The Labute approximate surface area is 100 Å². The Kier molecular flexibility index (Phi) is 5.54. The minimum absolute atomic E-state index is 0.581. The second-order valence-electron chi connectivity index (χ2n) is 4.63. The summed E-state index contributed by atoms with van der Waals surface area (Å²) >= 11 is 0. The first-order valence-corrected chi connectivity index (χ1v) is 6.46. The third-order valence-electron chi connectivity index (χ3n) is 3.69. The van der Waals surface area contributed by atoms with Gasteiger partial charge in [0.15, 0.2) is 0 Å². The molecule has 0 aliphatic carbocycles. The maximum Gasteiger partial charge on any atom is 0.0133 e. The van der Waals surface area contributed by atoms with Gasteiger partial charge in [0.25, 0.3) is 0 Å². The van der Waals surface area contributed by atoms with Gasteiger partial charge in [-0.1, -0.05) is 57.5 Å². The van der Waals surface area contributed by atoms with Crippen molar-refractivity contribution in [3.63, 3.8) is 0 Å². The molecule has 1 rings (SSSR count). The molecule has 90 valence electrons. The minimum atomic E-state index is 0.581. The summed E-state index contributed by atoms with van der Waals surface area (Å²) in [5.41, 5.74) is 1.47. The van der Waals surface area contributed by atoms with Crippen LogP contribution in [0.4, 0.5) is 0 Å². The van der Waals surface area contributed by atoms with Gasteiger partial charge in [-0.2, -0.15) is 0 Å². The lowest BCUT2D eigenvalue weighted by atomic mass is 9.79. The first kappa shape index (κ1) is 13.2. The van der Waals surface area contributed by atoms with Crippen molar-refractivity contribution in [1.29, 1.82) is 0 Å². The second-order valence-corrected chi connectivity index (χ2v) is 4.63. The highest BCUT2D eigenvalue weighted by atomic mass is 14.9. The number of nitrogens with one attached hydrogen (secondary N) is 1. The van der Waals surface area contributed by atoms with E-state index >= 15 is 0 Å². The molecule has 0 aliphatic heterocycles. The lowest BCUT2D eigenvalue weighted by molar-refractivity contribution is 0.341. The van der Waals surface area contributed by atoms with E-state index in [1.165, 1.54) is 18.4 Å². The van der Waals surface area contributed by atoms with Crippen LogP contribution in [0.1, 0.15) is 45.1 Å². The molecule has 0 saturated carbocycles. The molecule has 1 nitrogen and oxygen atoms in total. The Bertz CT molecular complexity index is 277. The zero-order valence-electron chi connectivity index (χ0n) is 11.0. The molecule has 1 N–H and O–H groups in total. The van der Waals surface area contributed by atoms with E-state index < -0.39 is 0 Å². The lowest BCUT2D eigenvalue weighted by Gasteiger charge is -2.31. The third kappa shape index (κ3) is 3.08. The summed E-state index contributed by atoms with van der Waals surface area (Å²) in [6.45, 7) is 6.90. The molecule has 3 atom stereocenters.